The van der Waals surface area contributed by atoms with Crippen molar-refractivity contribution >= 4 is 5.97 Å². The molecule has 0 rings (SSSR count). The maximum absolute atomic E-state index is 11.1. The summed E-state index contributed by atoms with van der Waals surface area (Å²) >= 11 is 0. The molecule has 0 aliphatic carbocycles. The second-order valence-corrected chi connectivity index (χ2v) is 4.14. The number of esters is 1. The molecule has 4 nitrogen and oxygen atoms in total. The van der Waals surface area contributed by atoms with E-state index in [0.29, 0.717) is 13.0 Å². The fourth-order valence-electron chi connectivity index (χ4n) is 1.37. The Bertz CT molecular complexity index is 192. The van der Waals surface area contributed by atoms with E-state index in [2.05, 4.69) is 4.74 Å². The van der Waals surface area contributed by atoms with Crippen LogP contribution in [0.5, 0.6) is 0 Å². The van der Waals surface area contributed by atoms with E-state index >= 15 is 0 Å². The van der Waals surface area contributed by atoms with Gasteiger partial charge in [0.15, 0.2) is 0 Å². The van der Waals surface area contributed by atoms with Crippen LogP contribution in [-0.2, 0) is 9.53 Å². The number of hydrogen-bond donors (Lipinski definition) is 1. The van der Waals surface area contributed by atoms with Crippen molar-refractivity contribution < 1.29 is 14.6 Å². The highest BCUT2D eigenvalue weighted by Gasteiger charge is 2.22. The van der Waals surface area contributed by atoms with Crippen LogP contribution in [0.4, 0.5) is 0 Å². The van der Waals surface area contributed by atoms with Gasteiger partial charge in [0.25, 0.3) is 0 Å². The molecular weight excluding hydrogens is 194 g/mol. The summed E-state index contributed by atoms with van der Waals surface area (Å²) in [4.78, 5) is 13.1. The zero-order valence-electron chi connectivity index (χ0n) is 10.2. The zero-order chi connectivity index (χ0) is 11.9. The van der Waals surface area contributed by atoms with Crippen LogP contribution in [0.1, 0.15) is 33.6 Å². The van der Waals surface area contributed by atoms with E-state index < -0.39 is 5.60 Å². The van der Waals surface area contributed by atoms with Gasteiger partial charge < -0.3 is 9.84 Å². The molecule has 0 aromatic heterocycles. The third kappa shape index (κ3) is 6.47. The first kappa shape index (κ1) is 14.4. The number of carbonyl (C=O) groups is 1. The van der Waals surface area contributed by atoms with Crippen molar-refractivity contribution in [3.63, 3.8) is 0 Å². The van der Waals surface area contributed by atoms with Crippen LogP contribution in [0.15, 0.2) is 0 Å². The SMILES string of the molecule is CCCN(CC(=O)OC)CC(C)(O)CC. The summed E-state index contributed by atoms with van der Waals surface area (Å²) in [7, 11) is 1.38. The van der Waals surface area contributed by atoms with Gasteiger partial charge in [0.1, 0.15) is 0 Å². The first-order valence-corrected chi connectivity index (χ1v) is 5.46. The lowest BCUT2D eigenvalue weighted by Crippen LogP contribution is -2.43. The normalized spacial score (nSPS) is 15.1. The van der Waals surface area contributed by atoms with Gasteiger partial charge in [0.05, 0.1) is 19.3 Å². The Morgan fingerprint density at radius 2 is 2.07 bits per heavy atom. The Kier molecular flexibility index (Phi) is 6.52. The van der Waals surface area contributed by atoms with Crippen LogP contribution in [-0.4, -0.2) is 48.3 Å². The maximum Gasteiger partial charge on any atom is 0.319 e. The summed E-state index contributed by atoms with van der Waals surface area (Å²) in [6.45, 7) is 7.32. The molecule has 0 bridgehead atoms. The highest BCUT2D eigenvalue weighted by molar-refractivity contribution is 5.71. The molecule has 15 heavy (non-hydrogen) atoms. The van der Waals surface area contributed by atoms with Gasteiger partial charge in [0.2, 0.25) is 0 Å². The lowest BCUT2D eigenvalue weighted by molar-refractivity contribution is -0.142. The van der Waals surface area contributed by atoms with Gasteiger partial charge in [-0.05, 0) is 26.3 Å². The number of carbonyl (C=O) groups excluding carboxylic acids is 1. The number of hydrogen-bond acceptors (Lipinski definition) is 4. The summed E-state index contributed by atoms with van der Waals surface area (Å²) in [5.41, 5.74) is -0.733. The van der Waals surface area contributed by atoms with Crippen molar-refractivity contribution in [2.24, 2.45) is 0 Å². The van der Waals surface area contributed by atoms with E-state index in [1.165, 1.54) is 7.11 Å². The van der Waals surface area contributed by atoms with Gasteiger partial charge in [0, 0.05) is 6.54 Å². The second-order valence-electron chi connectivity index (χ2n) is 4.14. The number of aliphatic hydroxyl groups is 1. The van der Waals surface area contributed by atoms with E-state index in [4.69, 9.17) is 0 Å². The molecule has 90 valence electrons. The third-order valence-electron chi connectivity index (χ3n) is 2.45. The first-order valence-electron chi connectivity index (χ1n) is 5.46. The molecule has 0 fully saturated rings. The fraction of sp³-hybridized carbons (Fsp3) is 0.909. The van der Waals surface area contributed by atoms with Crippen molar-refractivity contribution in [1.82, 2.24) is 4.90 Å². The molecule has 1 N–H and O–H groups in total. The minimum atomic E-state index is -0.733. The molecule has 1 atom stereocenters. The van der Waals surface area contributed by atoms with Crippen LogP contribution >= 0.6 is 0 Å². The standard InChI is InChI=1S/C11H23NO3/c1-5-7-12(8-10(13)15-4)9-11(3,14)6-2/h14H,5-9H2,1-4H3. The van der Waals surface area contributed by atoms with E-state index in [-0.39, 0.29) is 12.5 Å². The van der Waals surface area contributed by atoms with E-state index in [0.717, 1.165) is 13.0 Å². The number of nitrogens with zero attached hydrogens (tertiary/aromatic N) is 1. The molecule has 0 aromatic rings. The van der Waals surface area contributed by atoms with Gasteiger partial charge >= 0.3 is 5.97 Å². The van der Waals surface area contributed by atoms with Crippen molar-refractivity contribution in [2.45, 2.75) is 39.2 Å². The average molecular weight is 217 g/mol. The lowest BCUT2D eigenvalue weighted by Gasteiger charge is -2.29. The molecule has 0 aliphatic rings. The van der Waals surface area contributed by atoms with Crippen LogP contribution in [0, 0.1) is 0 Å². The van der Waals surface area contributed by atoms with Crippen LogP contribution in [0.2, 0.25) is 0 Å². The molecule has 0 aromatic carbocycles. The maximum atomic E-state index is 11.1. The smallest absolute Gasteiger partial charge is 0.319 e. The molecule has 0 radical (unpaired) electrons. The second kappa shape index (κ2) is 6.80. The number of rotatable bonds is 7. The highest BCUT2D eigenvalue weighted by Crippen LogP contribution is 2.11. The van der Waals surface area contributed by atoms with Gasteiger partial charge in [-0.2, -0.15) is 0 Å². The Morgan fingerprint density at radius 3 is 2.47 bits per heavy atom. The lowest BCUT2D eigenvalue weighted by atomic mass is 10.0. The zero-order valence-corrected chi connectivity index (χ0v) is 10.2. The fourth-order valence-corrected chi connectivity index (χ4v) is 1.37. The first-order chi connectivity index (χ1) is 6.95. The molecule has 4 heteroatoms. The summed E-state index contributed by atoms with van der Waals surface area (Å²) in [5.74, 6) is -0.254. The van der Waals surface area contributed by atoms with Gasteiger partial charge in [-0.25, -0.2) is 0 Å². The molecule has 0 saturated heterocycles. The number of ether oxygens (including phenoxy) is 1. The molecular formula is C11H23NO3. The largest absolute Gasteiger partial charge is 0.468 e. The molecule has 0 spiro atoms. The molecule has 0 aliphatic heterocycles. The topological polar surface area (TPSA) is 49.8 Å². The van der Waals surface area contributed by atoms with Crippen molar-refractivity contribution in [3.05, 3.63) is 0 Å². The Balaban J connectivity index is 4.20. The Labute approximate surface area is 92.2 Å². The number of methoxy groups -OCH3 is 1. The summed E-state index contributed by atoms with van der Waals surface area (Å²) < 4.78 is 4.61. The monoisotopic (exact) mass is 217 g/mol. The van der Waals surface area contributed by atoms with E-state index in [1.807, 2.05) is 18.7 Å². The molecule has 1 unspecified atom stereocenters. The van der Waals surface area contributed by atoms with Crippen molar-refractivity contribution in [2.75, 3.05) is 26.7 Å². The molecule has 0 saturated carbocycles. The highest BCUT2D eigenvalue weighted by atomic mass is 16.5. The van der Waals surface area contributed by atoms with Crippen LogP contribution in [0.25, 0.3) is 0 Å². The average Bonchev–Trinajstić information content (AvgIpc) is 2.17. The minimum absolute atomic E-state index is 0.250. The minimum Gasteiger partial charge on any atom is -0.468 e. The van der Waals surface area contributed by atoms with Crippen LogP contribution < -0.4 is 0 Å². The van der Waals surface area contributed by atoms with Crippen LogP contribution in [0.3, 0.4) is 0 Å². The molecule has 0 heterocycles. The Hall–Kier alpha value is -0.610. The van der Waals surface area contributed by atoms with Crippen molar-refractivity contribution in [1.29, 1.82) is 0 Å². The van der Waals surface area contributed by atoms with Gasteiger partial charge in [-0.3, -0.25) is 9.69 Å². The predicted molar refractivity (Wildman–Crippen MR) is 59.7 cm³/mol. The third-order valence-corrected chi connectivity index (χ3v) is 2.45. The van der Waals surface area contributed by atoms with Gasteiger partial charge in [-0.1, -0.05) is 13.8 Å². The predicted octanol–water partition coefficient (Wildman–Crippen LogP) is 1.03. The van der Waals surface area contributed by atoms with Crippen molar-refractivity contribution in [3.8, 4) is 0 Å². The van der Waals surface area contributed by atoms with Gasteiger partial charge in [-0.15, -0.1) is 0 Å². The molecule has 0 amide bonds. The van der Waals surface area contributed by atoms with E-state index in [9.17, 15) is 9.90 Å². The van der Waals surface area contributed by atoms with E-state index in [1.54, 1.807) is 6.92 Å². The summed E-state index contributed by atoms with van der Waals surface area (Å²) in [6, 6.07) is 0. The Morgan fingerprint density at radius 1 is 1.47 bits per heavy atom. The summed E-state index contributed by atoms with van der Waals surface area (Å²) in [5, 5.41) is 9.91. The quantitative estimate of drug-likeness (QED) is 0.647. The summed E-state index contributed by atoms with van der Waals surface area (Å²) in [6.07, 6.45) is 1.63.